The molecule has 0 aliphatic carbocycles. The number of hydrogen-bond acceptors (Lipinski definition) is 5. The predicted molar refractivity (Wildman–Crippen MR) is 132 cm³/mol. The average molecular weight is 466 g/mol. The number of piperazine rings is 1. The van der Waals surface area contributed by atoms with Crippen LogP contribution in [0.2, 0.25) is 5.02 Å². The molecule has 0 atom stereocenters. The number of anilines is 2. The van der Waals surface area contributed by atoms with Gasteiger partial charge in [0, 0.05) is 62.9 Å². The smallest absolute Gasteiger partial charge is 0.293 e. The van der Waals surface area contributed by atoms with Gasteiger partial charge in [0.05, 0.1) is 11.0 Å². The van der Waals surface area contributed by atoms with E-state index >= 15 is 0 Å². The first-order valence-corrected chi connectivity index (χ1v) is 11.9. The van der Waals surface area contributed by atoms with Gasteiger partial charge in [-0.3, -0.25) is 9.59 Å². The Hall–Kier alpha value is -3.06. The van der Waals surface area contributed by atoms with E-state index in [2.05, 4.69) is 9.88 Å². The van der Waals surface area contributed by atoms with Gasteiger partial charge in [0.15, 0.2) is 5.82 Å². The zero-order valence-electron chi connectivity index (χ0n) is 18.8. The van der Waals surface area contributed by atoms with Crippen LogP contribution in [0.25, 0.3) is 11.0 Å². The van der Waals surface area contributed by atoms with E-state index < -0.39 is 0 Å². The quantitative estimate of drug-likeness (QED) is 0.594. The predicted octanol–water partition coefficient (Wildman–Crippen LogP) is 3.15. The fourth-order valence-electron chi connectivity index (χ4n) is 4.90. The van der Waals surface area contributed by atoms with E-state index in [9.17, 15) is 9.59 Å². The summed E-state index contributed by atoms with van der Waals surface area (Å²) in [6.07, 6.45) is 1.49. The molecule has 2 saturated heterocycles. The first kappa shape index (κ1) is 21.8. The molecule has 2 aromatic carbocycles. The van der Waals surface area contributed by atoms with Crippen LogP contribution < -0.4 is 15.4 Å². The van der Waals surface area contributed by atoms with Crippen LogP contribution in [0, 0.1) is 5.92 Å². The summed E-state index contributed by atoms with van der Waals surface area (Å²) in [5.41, 5.74) is 2.70. The van der Waals surface area contributed by atoms with Gasteiger partial charge < -0.3 is 19.3 Å². The Labute approximate surface area is 198 Å². The van der Waals surface area contributed by atoms with Gasteiger partial charge in [-0.25, -0.2) is 4.98 Å². The highest BCUT2D eigenvalue weighted by molar-refractivity contribution is 6.30. The van der Waals surface area contributed by atoms with Crippen molar-refractivity contribution in [1.82, 2.24) is 14.5 Å². The van der Waals surface area contributed by atoms with Gasteiger partial charge in [-0.2, -0.15) is 0 Å². The first-order chi connectivity index (χ1) is 16.0. The molecule has 5 rings (SSSR count). The van der Waals surface area contributed by atoms with Gasteiger partial charge in [0.1, 0.15) is 0 Å². The number of halogens is 1. The molecule has 33 heavy (non-hydrogen) atoms. The summed E-state index contributed by atoms with van der Waals surface area (Å²) in [6.45, 7) is 4.44. The van der Waals surface area contributed by atoms with E-state index in [1.807, 2.05) is 58.3 Å². The van der Waals surface area contributed by atoms with Crippen LogP contribution >= 0.6 is 11.6 Å². The molecule has 0 radical (unpaired) electrons. The second kappa shape index (κ2) is 9.06. The number of benzene rings is 2. The fourth-order valence-corrected chi connectivity index (χ4v) is 5.03. The summed E-state index contributed by atoms with van der Waals surface area (Å²) in [7, 11) is 1.79. The van der Waals surface area contributed by atoms with Crippen molar-refractivity contribution < 1.29 is 4.79 Å². The van der Waals surface area contributed by atoms with E-state index in [0.29, 0.717) is 18.9 Å². The highest BCUT2D eigenvalue weighted by atomic mass is 35.5. The van der Waals surface area contributed by atoms with Crippen LogP contribution in [-0.2, 0) is 11.8 Å². The molecular weight excluding hydrogens is 438 g/mol. The molecule has 1 amide bonds. The Balaban J connectivity index is 1.20. The van der Waals surface area contributed by atoms with Crippen molar-refractivity contribution >= 4 is 40.0 Å². The second-order valence-corrected chi connectivity index (χ2v) is 9.27. The third kappa shape index (κ3) is 4.29. The van der Waals surface area contributed by atoms with Crippen molar-refractivity contribution in [3.05, 3.63) is 63.9 Å². The van der Waals surface area contributed by atoms with Crippen LogP contribution in [0.4, 0.5) is 11.5 Å². The molecule has 0 bridgehead atoms. The number of hydrogen-bond donors (Lipinski definition) is 0. The van der Waals surface area contributed by atoms with E-state index in [1.54, 1.807) is 11.6 Å². The fraction of sp³-hybridized carbons (Fsp3) is 0.400. The van der Waals surface area contributed by atoms with Crippen molar-refractivity contribution in [2.45, 2.75) is 12.8 Å². The number of aryl methyl sites for hydroxylation is 1. The molecule has 1 aromatic heterocycles. The van der Waals surface area contributed by atoms with Crippen molar-refractivity contribution in [2.75, 3.05) is 49.1 Å². The normalized spacial score (nSPS) is 17.6. The molecule has 0 N–H and O–H groups in total. The monoisotopic (exact) mass is 465 g/mol. The summed E-state index contributed by atoms with van der Waals surface area (Å²) in [6, 6.07) is 15.5. The van der Waals surface area contributed by atoms with Gasteiger partial charge in [0.25, 0.3) is 5.56 Å². The molecule has 2 fully saturated rings. The number of fused-ring (bicyclic) bond motifs is 1. The van der Waals surface area contributed by atoms with Crippen molar-refractivity contribution in [1.29, 1.82) is 0 Å². The molecule has 2 aliphatic heterocycles. The zero-order chi connectivity index (χ0) is 22.9. The van der Waals surface area contributed by atoms with Gasteiger partial charge in [-0.15, -0.1) is 0 Å². The molecule has 3 heterocycles. The van der Waals surface area contributed by atoms with Crippen LogP contribution in [-0.4, -0.2) is 59.6 Å². The minimum absolute atomic E-state index is 0.00707. The Morgan fingerprint density at radius 1 is 0.909 bits per heavy atom. The van der Waals surface area contributed by atoms with Crippen LogP contribution in [0.1, 0.15) is 12.8 Å². The topological polar surface area (TPSA) is 61.7 Å². The number of para-hydroxylation sites is 2. The summed E-state index contributed by atoms with van der Waals surface area (Å²) < 4.78 is 1.66. The first-order valence-electron chi connectivity index (χ1n) is 11.5. The zero-order valence-corrected chi connectivity index (χ0v) is 19.5. The van der Waals surface area contributed by atoms with Crippen molar-refractivity contribution in [3.63, 3.8) is 0 Å². The third-order valence-corrected chi connectivity index (χ3v) is 7.14. The van der Waals surface area contributed by atoms with Gasteiger partial charge in [-0.1, -0.05) is 23.7 Å². The molecule has 7 nitrogen and oxygen atoms in total. The van der Waals surface area contributed by atoms with Crippen molar-refractivity contribution in [2.24, 2.45) is 13.0 Å². The summed E-state index contributed by atoms with van der Waals surface area (Å²) in [4.78, 5) is 37.0. The molecule has 3 aromatic rings. The largest absolute Gasteiger partial charge is 0.368 e. The number of carbonyl (C=O) groups is 1. The second-order valence-electron chi connectivity index (χ2n) is 8.84. The molecular formula is C25H28ClN5O2. The van der Waals surface area contributed by atoms with E-state index in [-0.39, 0.29) is 17.4 Å². The highest BCUT2D eigenvalue weighted by Crippen LogP contribution is 2.25. The average Bonchev–Trinajstić information content (AvgIpc) is 2.86. The summed E-state index contributed by atoms with van der Waals surface area (Å²) in [5, 5.41) is 0.732. The summed E-state index contributed by atoms with van der Waals surface area (Å²) >= 11 is 6.00. The standard InChI is InChI=1S/C25H28ClN5O2/c1-28-22-5-3-2-4-21(22)27-23(25(28)33)30-12-10-18(11-13-30)24(32)31-16-14-29(15-17-31)20-8-6-19(26)7-9-20/h2-9,18H,10-17H2,1H3. The molecule has 2 aliphatic rings. The number of aromatic nitrogens is 2. The maximum absolute atomic E-state index is 13.2. The molecule has 8 heteroatoms. The Kier molecular flexibility index (Phi) is 5.98. The lowest BCUT2D eigenvalue weighted by atomic mass is 9.95. The lowest BCUT2D eigenvalue weighted by Gasteiger charge is -2.39. The van der Waals surface area contributed by atoms with E-state index in [0.717, 1.165) is 60.8 Å². The molecule has 172 valence electrons. The summed E-state index contributed by atoms with van der Waals surface area (Å²) in [5.74, 6) is 0.732. The Morgan fingerprint density at radius 2 is 1.58 bits per heavy atom. The highest BCUT2D eigenvalue weighted by Gasteiger charge is 2.31. The van der Waals surface area contributed by atoms with Crippen LogP contribution in [0.5, 0.6) is 0 Å². The lowest BCUT2D eigenvalue weighted by molar-refractivity contribution is -0.136. The van der Waals surface area contributed by atoms with E-state index in [1.165, 1.54) is 0 Å². The minimum atomic E-state index is -0.0863. The Morgan fingerprint density at radius 3 is 2.27 bits per heavy atom. The van der Waals surface area contributed by atoms with Gasteiger partial charge in [-0.05, 0) is 49.2 Å². The maximum Gasteiger partial charge on any atom is 0.293 e. The van der Waals surface area contributed by atoms with Crippen LogP contribution in [0.15, 0.2) is 53.3 Å². The maximum atomic E-state index is 13.2. The molecule has 0 saturated carbocycles. The van der Waals surface area contributed by atoms with Crippen LogP contribution in [0.3, 0.4) is 0 Å². The minimum Gasteiger partial charge on any atom is -0.368 e. The number of nitrogens with zero attached hydrogens (tertiary/aromatic N) is 5. The SMILES string of the molecule is Cn1c(=O)c(N2CCC(C(=O)N3CCN(c4ccc(Cl)cc4)CC3)CC2)nc2ccccc21. The Bertz CT molecular complexity index is 1210. The molecule has 0 spiro atoms. The molecule has 0 unspecified atom stereocenters. The van der Waals surface area contributed by atoms with Gasteiger partial charge in [0.2, 0.25) is 5.91 Å². The number of carbonyl (C=O) groups excluding carboxylic acids is 1. The number of piperidine rings is 1. The third-order valence-electron chi connectivity index (χ3n) is 6.89. The van der Waals surface area contributed by atoms with Crippen molar-refractivity contribution in [3.8, 4) is 0 Å². The lowest BCUT2D eigenvalue weighted by Crippen LogP contribution is -2.52. The number of rotatable bonds is 3. The van der Waals surface area contributed by atoms with E-state index in [4.69, 9.17) is 11.6 Å². The van der Waals surface area contributed by atoms with Gasteiger partial charge >= 0.3 is 0 Å². The number of amides is 1.